The summed E-state index contributed by atoms with van der Waals surface area (Å²) < 4.78 is 0. The molecule has 0 bridgehead atoms. The molecular formula is C19H18. The highest BCUT2D eigenvalue weighted by atomic mass is 14.3. The number of allylic oxidation sites excluding steroid dienone is 2. The third kappa shape index (κ3) is 1.54. The van der Waals surface area contributed by atoms with Gasteiger partial charge >= 0.3 is 0 Å². The average Bonchev–Trinajstić information content (AvgIpc) is 2.88. The number of benzene rings is 1. The second-order valence-electron chi connectivity index (χ2n) is 6.05. The van der Waals surface area contributed by atoms with Crippen molar-refractivity contribution in [3.05, 3.63) is 50.3 Å². The van der Waals surface area contributed by atoms with Gasteiger partial charge in [0.2, 0.25) is 0 Å². The highest BCUT2D eigenvalue weighted by Crippen LogP contribution is 2.41. The topological polar surface area (TPSA) is 0 Å². The van der Waals surface area contributed by atoms with Crippen molar-refractivity contribution in [3.8, 4) is 0 Å². The molecule has 19 heavy (non-hydrogen) atoms. The summed E-state index contributed by atoms with van der Waals surface area (Å²) in [5, 5.41) is 0. The molecular weight excluding hydrogens is 228 g/mol. The molecule has 0 amide bonds. The van der Waals surface area contributed by atoms with E-state index in [4.69, 9.17) is 0 Å². The van der Waals surface area contributed by atoms with Crippen LogP contribution in [0.4, 0.5) is 0 Å². The predicted octanol–water partition coefficient (Wildman–Crippen LogP) is 5.02. The van der Waals surface area contributed by atoms with Gasteiger partial charge < -0.3 is 0 Å². The fraction of sp³-hybridized carbons (Fsp3) is 0.316. The Labute approximate surface area is 114 Å². The highest BCUT2D eigenvalue weighted by Gasteiger charge is 2.24. The monoisotopic (exact) mass is 246 g/mol. The van der Waals surface area contributed by atoms with Gasteiger partial charge in [-0.05, 0) is 85.1 Å². The van der Waals surface area contributed by atoms with Crippen LogP contribution in [0.25, 0.3) is 24.3 Å². The van der Waals surface area contributed by atoms with Crippen molar-refractivity contribution in [2.75, 3.05) is 0 Å². The van der Waals surface area contributed by atoms with Crippen molar-refractivity contribution >= 4 is 24.3 Å². The Morgan fingerprint density at radius 2 is 1.16 bits per heavy atom. The third-order valence-corrected chi connectivity index (χ3v) is 4.66. The zero-order valence-electron chi connectivity index (χ0n) is 11.6. The van der Waals surface area contributed by atoms with Gasteiger partial charge in [-0.15, -0.1) is 5.73 Å². The van der Waals surface area contributed by atoms with Crippen molar-refractivity contribution in [1.82, 2.24) is 0 Å². The van der Waals surface area contributed by atoms with Crippen molar-refractivity contribution in [1.29, 1.82) is 0 Å². The molecule has 0 aromatic heterocycles. The first-order valence-electron chi connectivity index (χ1n) is 7.22. The quantitative estimate of drug-likeness (QED) is 0.572. The summed E-state index contributed by atoms with van der Waals surface area (Å²) in [4.78, 5) is 0. The zero-order chi connectivity index (χ0) is 13.0. The van der Waals surface area contributed by atoms with E-state index in [9.17, 15) is 0 Å². The van der Waals surface area contributed by atoms with E-state index in [2.05, 4.69) is 43.9 Å². The first kappa shape index (κ1) is 11.1. The van der Waals surface area contributed by atoms with E-state index < -0.39 is 0 Å². The molecule has 0 heteroatoms. The normalized spacial score (nSPS) is 18.6. The van der Waals surface area contributed by atoms with Crippen LogP contribution in [-0.4, -0.2) is 0 Å². The summed E-state index contributed by atoms with van der Waals surface area (Å²) in [5.41, 5.74) is 15.3. The van der Waals surface area contributed by atoms with Crippen LogP contribution in [0.2, 0.25) is 0 Å². The van der Waals surface area contributed by atoms with Gasteiger partial charge in [-0.25, -0.2) is 0 Å². The van der Waals surface area contributed by atoms with Crippen LogP contribution in [0.15, 0.2) is 16.9 Å². The predicted molar refractivity (Wildman–Crippen MR) is 82.8 cm³/mol. The maximum atomic E-state index is 3.31. The molecule has 1 aromatic rings. The SMILES string of the molecule is CC1=Cc2c3c(c4c(c2CC1)CCC(C)=C4)C=C=C3. The fourth-order valence-electron chi connectivity index (χ4n) is 3.64. The highest BCUT2D eigenvalue weighted by molar-refractivity contribution is 5.88. The van der Waals surface area contributed by atoms with E-state index in [1.54, 1.807) is 11.1 Å². The molecule has 1 aromatic carbocycles. The zero-order valence-corrected chi connectivity index (χ0v) is 11.6. The van der Waals surface area contributed by atoms with Crippen molar-refractivity contribution in [2.24, 2.45) is 0 Å². The molecule has 3 aliphatic rings. The van der Waals surface area contributed by atoms with E-state index in [-0.39, 0.29) is 0 Å². The van der Waals surface area contributed by atoms with Gasteiger partial charge in [0.05, 0.1) is 0 Å². The fourth-order valence-corrected chi connectivity index (χ4v) is 3.64. The van der Waals surface area contributed by atoms with Crippen LogP contribution in [0, 0.1) is 0 Å². The molecule has 0 atom stereocenters. The summed E-state index contributed by atoms with van der Waals surface area (Å²) in [6.07, 6.45) is 14.0. The maximum Gasteiger partial charge on any atom is -0.00190 e. The minimum atomic E-state index is 1.22. The van der Waals surface area contributed by atoms with Gasteiger partial charge in [-0.2, -0.15) is 0 Å². The number of rotatable bonds is 0. The minimum Gasteiger partial charge on any atom is -0.119 e. The van der Waals surface area contributed by atoms with Crippen LogP contribution >= 0.6 is 0 Å². The molecule has 0 N–H and O–H groups in total. The standard InChI is InChI=1S/C19H18/c1-12-6-8-16-17-9-7-13(2)11-19(17)15-5-3-4-14(15)18(16)10-12/h4-5,10-11H,6-9H2,1-2H3. The number of hydrogen-bond acceptors (Lipinski definition) is 0. The van der Waals surface area contributed by atoms with Crippen LogP contribution < -0.4 is 0 Å². The van der Waals surface area contributed by atoms with E-state index in [1.165, 1.54) is 59.1 Å². The van der Waals surface area contributed by atoms with E-state index >= 15 is 0 Å². The van der Waals surface area contributed by atoms with Crippen molar-refractivity contribution in [3.63, 3.8) is 0 Å². The Morgan fingerprint density at radius 1 is 0.684 bits per heavy atom. The third-order valence-electron chi connectivity index (χ3n) is 4.66. The van der Waals surface area contributed by atoms with Gasteiger partial charge in [0.25, 0.3) is 0 Å². The van der Waals surface area contributed by atoms with Gasteiger partial charge in [-0.1, -0.05) is 23.3 Å². The van der Waals surface area contributed by atoms with Crippen LogP contribution in [-0.2, 0) is 12.8 Å². The maximum absolute atomic E-state index is 3.31. The summed E-state index contributed by atoms with van der Waals surface area (Å²) >= 11 is 0. The molecule has 0 unspecified atom stereocenters. The Hall–Kier alpha value is -1.78. The van der Waals surface area contributed by atoms with Gasteiger partial charge in [-0.3, -0.25) is 0 Å². The largest absolute Gasteiger partial charge is 0.119 e. The minimum absolute atomic E-state index is 1.22. The molecule has 0 radical (unpaired) electrons. The molecule has 0 aliphatic heterocycles. The molecule has 94 valence electrons. The Balaban J connectivity index is 2.09. The number of hydrogen-bond donors (Lipinski definition) is 0. The lowest BCUT2D eigenvalue weighted by Crippen LogP contribution is -2.11. The second-order valence-corrected chi connectivity index (χ2v) is 6.05. The lowest BCUT2D eigenvalue weighted by atomic mass is 9.78. The van der Waals surface area contributed by atoms with Crippen LogP contribution in [0.1, 0.15) is 60.1 Å². The van der Waals surface area contributed by atoms with Crippen LogP contribution in [0.3, 0.4) is 0 Å². The van der Waals surface area contributed by atoms with E-state index in [1.807, 2.05) is 0 Å². The van der Waals surface area contributed by atoms with Crippen molar-refractivity contribution in [2.45, 2.75) is 39.5 Å². The lowest BCUT2D eigenvalue weighted by molar-refractivity contribution is 0.859. The van der Waals surface area contributed by atoms with Crippen molar-refractivity contribution < 1.29 is 0 Å². The molecule has 0 spiro atoms. The Bertz CT molecular complexity index is 658. The molecule has 0 nitrogen and oxygen atoms in total. The smallest absolute Gasteiger partial charge is 0.00190 e. The first-order chi connectivity index (χ1) is 9.24. The summed E-state index contributed by atoms with van der Waals surface area (Å²) in [5.74, 6) is 0. The van der Waals surface area contributed by atoms with Gasteiger partial charge in [0, 0.05) is 0 Å². The first-order valence-corrected chi connectivity index (χ1v) is 7.22. The molecule has 0 heterocycles. The summed E-state index contributed by atoms with van der Waals surface area (Å²) in [6, 6.07) is 0. The molecule has 0 fully saturated rings. The summed E-state index contributed by atoms with van der Waals surface area (Å²) in [6.45, 7) is 4.51. The van der Waals surface area contributed by atoms with E-state index in [0.29, 0.717) is 0 Å². The molecule has 3 aliphatic carbocycles. The Morgan fingerprint density at radius 3 is 1.63 bits per heavy atom. The number of fused-ring (bicyclic) bond motifs is 6. The Kier molecular flexibility index (Phi) is 2.25. The molecule has 4 rings (SSSR count). The van der Waals surface area contributed by atoms with Gasteiger partial charge in [0.15, 0.2) is 0 Å². The lowest BCUT2D eigenvalue weighted by Gasteiger charge is -2.26. The average molecular weight is 246 g/mol. The molecule has 0 saturated carbocycles. The van der Waals surface area contributed by atoms with E-state index in [0.717, 1.165) is 0 Å². The van der Waals surface area contributed by atoms with Gasteiger partial charge in [0.1, 0.15) is 0 Å². The van der Waals surface area contributed by atoms with Crippen LogP contribution in [0.5, 0.6) is 0 Å². The second kappa shape index (κ2) is 3.85. The molecule has 0 saturated heterocycles. The summed E-state index contributed by atoms with van der Waals surface area (Å²) in [7, 11) is 0.